The maximum absolute atomic E-state index is 6.18. The van der Waals surface area contributed by atoms with E-state index in [9.17, 15) is 0 Å². The van der Waals surface area contributed by atoms with Gasteiger partial charge in [-0.2, -0.15) is 0 Å². The molecule has 0 saturated heterocycles. The quantitative estimate of drug-likeness (QED) is 0.829. The van der Waals surface area contributed by atoms with Crippen LogP contribution in [-0.4, -0.2) is 18.7 Å². The molecule has 2 atom stereocenters. The molecular formula is C16H25NO. The Morgan fingerprint density at radius 3 is 2.39 bits per heavy atom. The Morgan fingerprint density at radius 2 is 1.83 bits per heavy atom. The summed E-state index contributed by atoms with van der Waals surface area (Å²) in [5, 5.41) is 3.61. The summed E-state index contributed by atoms with van der Waals surface area (Å²) in [5.74, 6) is 1.00. The summed E-state index contributed by atoms with van der Waals surface area (Å²) in [6.07, 6.45) is 3.85. The van der Waals surface area contributed by atoms with E-state index in [-0.39, 0.29) is 0 Å². The Labute approximate surface area is 111 Å². The predicted octanol–water partition coefficient (Wildman–Crippen LogP) is 3.62. The van der Waals surface area contributed by atoms with Gasteiger partial charge in [0.25, 0.3) is 0 Å². The zero-order chi connectivity index (χ0) is 13.0. The van der Waals surface area contributed by atoms with Gasteiger partial charge in [0.05, 0.1) is 0 Å². The molecule has 18 heavy (non-hydrogen) atoms. The Balaban J connectivity index is 2.06. The molecule has 1 aromatic carbocycles. The fourth-order valence-electron chi connectivity index (χ4n) is 3.31. The van der Waals surface area contributed by atoms with Crippen LogP contribution < -0.4 is 10.1 Å². The van der Waals surface area contributed by atoms with Gasteiger partial charge in [0.2, 0.25) is 0 Å². The van der Waals surface area contributed by atoms with Crippen LogP contribution in [0.1, 0.15) is 40.0 Å². The highest BCUT2D eigenvalue weighted by Gasteiger charge is 2.53. The van der Waals surface area contributed by atoms with Crippen molar-refractivity contribution >= 4 is 0 Å². The van der Waals surface area contributed by atoms with Crippen LogP contribution in [0.4, 0.5) is 0 Å². The summed E-state index contributed by atoms with van der Waals surface area (Å²) in [7, 11) is 0. The maximum atomic E-state index is 6.18. The molecule has 0 aliphatic heterocycles. The first-order chi connectivity index (χ1) is 8.76. The second-order valence-corrected chi connectivity index (χ2v) is 5.21. The number of hydrogen-bond donors (Lipinski definition) is 1. The van der Waals surface area contributed by atoms with Crippen LogP contribution in [-0.2, 0) is 0 Å². The third-order valence-corrected chi connectivity index (χ3v) is 4.57. The third kappa shape index (κ3) is 2.26. The summed E-state index contributed by atoms with van der Waals surface area (Å²) in [6.45, 7) is 7.80. The van der Waals surface area contributed by atoms with Crippen molar-refractivity contribution in [2.75, 3.05) is 6.54 Å². The van der Waals surface area contributed by atoms with E-state index in [1.54, 1.807) is 0 Å². The highest BCUT2D eigenvalue weighted by Crippen LogP contribution is 2.48. The van der Waals surface area contributed by atoms with Crippen molar-refractivity contribution in [1.82, 2.24) is 5.32 Å². The SMILES string of the molecule is CCNC1CC(Oc2ccccc2)C1(CC)CC. The number of para-hydroxylation sites is 1. The lowest BCUT2D eigenvalue weighted by atomic mass is 9.58. The Morgan fingerprint density at radius 1 is 1.17 bits per heavy atom. The minimum atomic E-state index is 0.311. The number of rotatable bonds is 6. The zero-order valence-electron chi connectivity index (χ0n) is 11.8. The van der Waals surface area contributed by atoms with E-state index in [0.29, 0.717) is 17.6 Å². The van der Waals surface area contributed by atoms with E-state index in [1.807, 2.05) is 18.2 Å². The molecule has 1 aliphatic rings. The highest BCUT2D eigenvalue weighted by molar-refractivity contribution is 5.23. The maximum Gasteiger partial charge on any atom is 0.119 e. The van der Waals surface area contributed by atoms with Gasteiger partial charge < -0.3 is 10.1 Å². The van der Waals surface area contributed by atoms with Crippen LogP contribution in [0.25, 0.3) is 0 Å². The number of hydrogen-bond acceptors (Lipinski definition) is 2. The molecule has 1 saturated carbocycles. The van der Waals surface area contributed by atoms with Crippen molar-refractivity contribution in [2.45, 2.75) is 52.2 Å². The lowest BCUT2D eigenvalue weighted by Gasteiger charge is -2.55. The molecule has 0 aromatic heterocycles. The van der Waals surface area contributed by atoms with Crippen molar-refractivity contribution in [3.63, 3.8) is 0 Å². The normalized spacial score (nSPS) is 25.5. The number of ether oxygens (including phenoxy) is 1. The summed E-state index contributed by atoms with van der Waals surface area (Å²) >= 11 is 0. The van der Waals surface area contributed by atoms with E-state index >= 15 is 0 Å². The average Bonchev–Trinajstić information content (AvgIpc) is 2.40. The van der Waals surface area contributed by atoms with Gasteiger partial charge in [0.15, 0.2) is 0 Å². The molecule has 1 aliphatic carbocycles. The van der Waals surface area contributed by atoms with Crippen LogP contribution in [0, 0.1) is 5.41 Å². The van der Waals surface area contributed by atoms with Crippen molar-refractivity contribution in [3.8, 4) is 5.75 Å². The fourth-order valence-corrected chi connectivity index (χ4v) is 3.31. The number of nitrogens with one attached hydrogen (secondary N) is 1. The van der Waals surface area contributed by atoms with Gasteiger partial charge in [0, 0.05) is 17.9 Å². The first-order valence-corrected chi connectivity index (χ1v) is 7.22. The molecule has 0 spiro atoms. The lowest BCUT2D eigenvalue weighted by molar-refractivity contribution is -0.0854. The Kier molecular flexibility index (Phi) is 4.28. The van der Waals surface area contributed by atoms with Gasteiger partial charge in [-0.05, 0) is 31.5 Å². The molecule has 0 bridgehead atoms. The molecule has 2 unspecified atom stereocenters. The molecule has 2 nitrogen and oxygen atoms in total. The van der Waals surface area contributed by atoms with Gasteiger partial charge in [-0.15, -0.1) is 0 Å². The van der Waals surface area contributed by atoms with Gasteiger partial charge in [-0.3, -0.25) is 0 Å². The smallest absolute Gasteiger partial charge is 0.119 e. The first kappa shape index (κ1) is 13.4. The molecule has 2 heteroatoms. The van der Waals surface area contributed by atoms with Gasteiger partial charge in [0.1, 0.15) is 11.9 Å². The number of benzene rings is 1. The minimum absolute atomic E-state index is 0.311. The Bertz CT molecular complexity index is 359. The second-order valence-electron chi connectivity index (χ2n) is 5.21. The molecule has 1 fully saturated rings. The van der Waals surface area contributed by atoms with E-state index in [2.05, 4.69) is 38.2 Å². The van der Waals surface area contributed by atoms with Crippen LogP contribution >= 0.6 is 0 Å². The van der Waals surface area contributed by atoms with Crippen LogP contribution in [0.2, 0.25) is 0 Å². The van der Waals surface area contributed by atoms with Crippen molar-refractivity contribution < 1.29 is 4.74 Å². The molecule has 0 amide bonds. The van der Waals surface area contributed by atoms with Crippen molar-refractivity contribution in [2.24, 2.45) is 5.41 Å². The second kappa shape index (κ2) is 5.75. The Hall–Kier alpha value is -1.02. The van der Waals surface area contributed by atoms with Crippen LogP contribution in [0.5, 0.6) is 5.75 Å². The molecule has 100 valence electrons. The van der Waals surface area contributed by atoms with Gasteiger partial charge in [-0.25, -0.2) is 0 Å². The largest absolute Gasteiger partial charge is 0.490 e. The summed E-state index contributed by atoms with van der Waals surface area (Å²) < 4.78 is 6.18. The monoisotopic (exact) mass is 247 g/mol. The van der Waals surface area contributed by atoms with Crippen LogP contribution in [0.15, 0.2) is 30.3 Å². The first-order valence-electron chi connectivity index (χ1n) is 7.22. The topological polar surface area (TPSA) is 21.3 Å². The van der Waals surface area contributed by atoms with Gasteiger partial charge >= 0.3 is 0 Å². The van der Waals surface area contributed by atoms with Crippen molar-refractivity contribution in [3.05, 3.63) is 30.3 Å². The standard InChI is InChI=1S/C16H25NO/c1-4-16(5-2)14(17-6-3)12-15(16)18-13-10-8-7-9-11-13/h7-11,14-15,17H,4-6,12H2,1-3H3. The van der Waals surface area contributed by atoms with E-state index < -0.39 is 0 Å². The third-order valence-electron chi connectivity index (χ3n) is 4.57. The molecule has 1 aromatic rings. The molecule has 0 heterocycles. The van der Waals surface area contributed by atoms with Crippen LogP contribution in [0.3, 0.4) is 0 Å². The average molecular weight is 247 g/mol. The van der Waals surface area contributed by atoms with E-state index in [4.69, 9.17) is 4.74 Å². The summed E-state index contributed by atoms with van der Waals surface area (Å²) in [5.41, 5.74) is 0.311. The highest BCUT2D eigenvalue weighted by atomic mass is 16.5. The van der Waals surface area contributed by atoms with E-state index in [0.717, 1.165) is 18.7 Å². The lowest BCUT2D eigenvalue weighted by Crippen LogP contribution is -2.64. The molecule has 2 rings (SSSR count). The molecule has 0 radical (unpaired) electrons. The predicted molar refractivity (Wildman–Crippen MR) is 76.0 cm³/mol. The van der Waals surface area contributed by atoms with Crippen molar-refractivity contribution in [1.29, 1.82) is 0 Å². The summed E-state index contributed by atoms with van der Waals surface area (Å²) in [6, 6.07) is 10.8. The summed E-state index contributed by atoms with van der Waals surface area (Å²) in [4.78, 5) is 0. The van der Waals surface area contributed by atoms with Gasteiger partial charge in [-0.1, -0.05) is 39.0 Å². The molecule has 1 N–H and O–H groups in total. The fraction of sp³-hybridized carbons (Fsp3) is 0.625. The minimum Gasteiger partial charge on any atom is -0.490 e. The van der Waals surface area contributed by atoms with E-state index in [1.165, 1.54) is 12.8 Å². The zero-order valence-corrected chi connectivity index (χ0v) is 11.8. The molecular weight excluding hydrogens is 222 g/mol.